The van der Waals surface area contributed by atoms with Gasteiger partial charge in [0.2, 0.25) is 5.91 Å². The van der Waals surface area contributed by atoms with Crippen LogP contribution in [0.2, 0.25) is 0 Å². The summed E-state index contributed by atoms with van der Waals surface area (Å²) in [5, 5.41) is 2.99. The average Bonchev–Trinajstić information content (AvgIpc) is 2.69. The number of carbonyl (C=O) groups is 1. The maximum atomic E-state index is 12.1. The van der Waals surface area contributed by atoms with Gasteiger partial charge in [0.15, 0.2) is 0 Å². The molecule has 0 saturated carbocycles. The molecule has 2 aromatic rings. The number of benzene rings is 2. The summed E-state index contributed by atoms with van der Waals surface area (Å²) >= 11 is 0. The van der Waals surface area contributed by atoms with Gasteiger partial charge in [-0.05, 0) is 48.7 Å². The monoisotopic (exact) mass is 356 g/mol. The summed E-state index contributed by atoms with van der Waals surface area (Å²) in [6.07, 6.45) is 1.95. The van der Waals surface area contributed by atoms with Gasteiger partial charge in [-0.15, -0.1) is 0 Å². The first kappa shape index (κ1) is 19.6. The standard InChI is InChI=1S/C21H28N2O3/c1-23(18-8-5-4-6-9-18)15-7-14-22-21(24)13-10-17-16-19(25-2)11-12-20(17)26-3/h4-6,8-9,11-12,16H,7,10,13-15H2,1-3H3,(H,22,24). The van der Waals surface area contributed by atoms with Crippen LogP contribution in [-0.4, -0.2) is 40.3 Å². The van der Waals surface area contributed by atoms with Gasteiger partial charge in [-0.3, -0.25) is 4.79 Å². The summed E-state index contributed by atoms with van der Waals surface area (Å²) in [4.78, 5) is 14.3. The van der Waals surface area contributed by atoms with E-state index in [1.54, 1.807) is 14.2 Å². The van der Waals surface area contributed by atoms with Gasteiger partial charge in [0, 0.05) is 32.2 Å². The highest BCUT2D eigenvalue weighted by atomic mass is 16.5. The topological polar surface area (TPSA) is 50.8 Å². The predicted molar refractivity (Wildman–Crippen MR) is 105 cm³/mol. The highest BCUT2D eigenvalue weighted by Gasteiger charge is 2.08. The second-order valence-corrected chi connectivity index (χ2v) is 6.14. The van der Waals surface area contributed by atoms with Crippen molar-refractivity contribution in [2.45, 2.75) is 19.3 Å². The number of amides is 1. The minimum atomic E-state index is 0.0530. The molecule has 1 N–H and O–H groups in total. The van der Waals surface area contributed by atoms with E-state index in [1.807, 2.05) is 36.4 Å². The smallest absolute Gasteiger partial charge is 0.220 e. The van der Waals surface area contributed by atoms with Crippen molar-refractivity contribution < 1.29 is 14.3 Å². The molecule has 0 aliphatic heterocycles. The first-order valence-corrected chi connectivity index (χ1v) is 8.88. The SMILES string of the molecule is COc1ccc(OC)c(CCC(=O)NCCCN(C)c2ccccc2)c1. The predicted octanol–water partition coefficient (Wildman–Crippen LogP) is 3.28. The molecule has 2 rings (SSSR count). The Morgan fingerprint density at radius 3 is 2.54 bits per heavy atom. The van der Waals surface area contributed by atoms with Crippen LogP contribution in [0.1, 0.15) is 18.4 Å². The van der Waals surface area contributed by atoms with Crippen LogP contribution >= 0.6 is 0 Å². The van der Waals surface area contributed by atoms with E-state index in [-0.39, 0.29) is 5.91 Å². The number of ether oxygens (including phenoxy) is 2. The van der Waals surface area contributed by atoms with E-state index in [0.29, 0.717) is 19.4 Å². The van der Waals surface area contributed by atoms with Crippen LogP contribution in [0.4, 0.5) is 5.69 Å². The van der Waals surface area contributed by atoms with Crippen molar-refractivity contribution in [1.29, 1.82) is 0 Å². The Morgan fingerprint density at radius 2 is 1.85 bits per heavy atom. The maximum Gasteiger partial charge on any atom is 0.220 e. The van der Waals surface area contributed by atoms with Gasteiger partial charge in [0.1, 0.15) is 11.5 Å². The quantitative estimate of drug-likeness (QED) is 0.664. The van der Waals surface area contributed by atoms with Gasteiger partial charge in [-0.2, -0.15) is 0 Å². The first-order chi connectivity index (χ1) is 12.6. The van der Waals surface area contributed by atoms with Crippen LogP contribution in [-0.2, 0) is 11.2 Å². The Labute approximate surface area is 155 Å². The fraction of sp³-hybridized carbons (Fsp3) is 0.381. The summed E-state index contributed by atoms with van der Waals surface area (Å²) in [5.41, 5.74) is 2.16. The number of para-hydroxylation sites is 1. The van der Waals surface area contributed by atoms with Crippen molar-refractivity contribution in [2.24, 2.45) is 0 Å². The minimum Gasteiger partial charge on any atom is -0.497 e. The molecule has 5 heteroatoms. The third kappa shape index (κ3) is 5.99. The number of nitrogens with one attached hydrogen (secondary N) is 1. The highest BCUT2D eigenvalue weighted by Crippen LogP contribution is 2.25. The number of hydrogen-bond acceptors (Lipinski definition) is 4. The lowest BCUT2D eigenvalue weighted by atomic mass is 10.1. The van der Waals surface area contributed by atoms with E-state index in [1.165, 1.54) is 5.69 Å². The van der Waals surface area contributed by atoms with Gasteiger partial charge < -0.3 is 19.7 Å². The van der Waals surface area contributed by atoms with E-state index in [2.05, 4.69) is 29.4 Å². The number of methoxy groups -OCH3 is 2. The van der Waals surface area contributed by atoms with Gasteiger partial charge >= 0.3 is 0 Å². The Kier molecular flexibility index (Phi) is 7.80. The molecule has 0 fully saturated rings. The second-order valence-electron chi connectivity index (χ2n) is 6.14. The summed E-state index contributed by atoms with van der Waals surface area (Å²) in [6.45, 7) is 1.57. The Bertz CT molecular complexity index is 689. The molecule has 5 nitrogen and oxygen atoms in total. The lowest BCUT2D eigenvalue weighted by Gasteiger charge is -2.19. The second kappa shape index (κ2) is 10.3. The molecule has 0 aliphatic rings. The third-order valence-corrected chi connectivity index (χ3v) is 4.30. The lowest BCUT2D eigenvalue weighted by Crippen LogP contribution is -2.28. The van der Waals surface area contributed by atoms with Crippen molar-refractivity contribution in [3.63, 3.8) is 0 Å². The number of anilines is 1. The normalized spacial score (nSPS) is 10.3. The zero-order valence-electron chi connectivity index (χ0n) is 15.8. The average molecular weight is 356 g/mol. The zero-order valence-corrected chi connectivity index (χ0v) is 15.8. The van der Waals surface area contributed by atoms with Gasteiger partial charge in [-0.25, -0.2) is 0 Å². The Morgan fingerprint density at radius 1 is 1.08 bits per heavy atom. The minimum absolute atomic E-state index is 0.0530. The fourth-order valence-electron chi connectivity index (χ4n) is 2.77. The molecule has 0 atom stereocenters. The van der Waals surface area contributed by atoms with Gasteiger partial charge in [0.05, 0.1) is 14.2 Å². The van der Waals surface area contributed by atoms with Crippen LogP contribution < -0.4 is 19.7 Å². The molecular weight excluding hydrogens is 328 g/mol. The maximum absolute atomic E-state index is 12.1. The molecular formula is C21H28N2O3. The van der Waals surface area contributed by atoms with Crippen molar-refractivity contribution in [3.8, 4) is 11.5 Å². The molecule has 0 bridgehead atoms. The molecule has 26 heavy (non-hydrogen) atoms. The molecule has 140 valence electrons. The van der Waals surface area contributed by atoms with E-state index in [0.717, 1.165) is 30.0 Å². The van der Waals surface area contributed by atoms with Crippen LogP contribution in [0.25, 0.3) is 0 Å². The Hall–Kier alpha value is -2.69. The molecule has 0 saturated heterocycles. The van der Waals surface area contributed by atoms with Crippen LogP contribution in [0.3, 0.4) is 0 Å². The van der Waals surface area contributed by atoms with Crippen molar-refractivity contribution in [3.05, 3.63) is 54.1 Å². The van der Waals surface area contributed by atoms with Crippen LogP contribution in [0.5, 0.6) is 11.5 Å². The van der Waals surface area contributed by atoms with E-state index in [9.17, 15) is 4.79 Å². The summed E-state index contributed by atoms with van der Waals surface area (Å²) in [7, 11) is 5.32. The largest absolute Gasteiger partial charge is 0.497 e. The van der Waals surface area contributed by atoms with Crippen molar-refractivity contribution in [2.75, 3.05) is 39.3 Å². The van der Waals surface area contributed by atoms with Crippen LogP contribution in [0, 0.1) is 0 Å². The number of rotatable bonds is 10. The molecule has 0 aromatic heterocycles. The number of aryl methyl sites for hydroxylation is 1. The number of carbonyl (C=O) groups excluding carboxylic acids is 1. The Balaban J connectivity index is 1.71. The lowest BCUT2D eigenvalue weighted by molar-refractivity contribution is -0.121. The molecule has 1 amide bonds. The van der Waals surface area contributed by atoms with E-state index >= 15 is 0 Å². The fourth-order valence-corrected chi connectivity index (χ4v) is 2.77. The van der Waals surface area contributed by atoms with Gasteiger partial charge in [0.25, 0.3) is 0 Å². The summed E-state index contributed by atoms with van der Waals surface area (Å²) in [5.74, 6) is 1.60. The van der Waals surface area contributed by atoms with Crippen molar-refractivity contribution in [1.82, 2.24) is 5.32 Å². The molecule has 2 aromatic carbocycles. The molecule has 0 radical (unpaired) electrons. The zero-order chi connectivity index (χ0) is 18.8. The molecule has 0 unspecified atom stereocenters. The number of hydrogen-bond donors (Lipinski definition) is 1. The third-order valence-electron chi connectivity index (χ3n) is 4.30. The molecule has 0 heterocycles. The van der Waals surface area contributed by atoms with E-state index < -0.39 is 0 Å². The summed E-state index contributed by atoms with van der Waals surface area (Å²) < 4.78 is 10.6. The van der Waals surface area contributed by atoms with Crippen LogP contribution in [0.15, 0.2) is 48.5 Å². The molecule has 0 aliphatic carbocycles. The van der Waals surface area contributed by atoms with Crippen molar-refractivity contribution >= 4 is 11.6 Å². The first-order valence-electron chi connectivity index (χ1n) is 8.88. The summed E-state index contributed by atoms with van der Waals surface area (Å²) in [6, 6.07) is 15.9. The highest BCUT2D eigenvalue weighted by molar-refractivity contribution is 5.76. The van der Waals surface area contributed by atoms with E-state index in [4.69, 9.17) is 9.47 Å². The molecule has 0 spiro atoms. The number of nitrogens with zero attached hydrogens (tertiary/aromatic N) is 1. The van der Waals surface area contributed by atoms with Gasteiger partial charge in [-0.1, -0.05) is 18.2 Å².